The molecule has 2 amide bonds. The number of nitrogens with one attached hydrogen (secondary N) is 1. The lowest BCUT2D eigenvalue weighted by Crippen LogP contribution is -2.68. The number of amides is 2. The standard InChI is InChI=1S/C20H26N4O10/c1-5-31-16(25)20(17(26)32-6-2)21-15(13-9-11-14(12-10-13)24(29)30)22(18(27)33-7-3)23(20)19(28)34-8-4/h9-12,15,21H,5-8H2,1-4H3. The topological polar surface area (TPSA) is 167 Å². The van der Waals surface area contributed by atoms with Crippen LogP contribution in [-0.2, 0) is 28.5 Å². The first-order valence-corrected chi connectivity index (χ1v) is 10.5. The molecule has 1 N–H and O–H groups in total. The summed E-state index contributed by atoms with van der Waals surface area (Å²) in [5, 5.41) is 14.8. The molecule has 0 bridgehead atoms. The van der Waals surface area contributed by atoms with Crippen LogP contribution in [-0.4, -0.2) is 71.2 Å². The molecule has 0 aromatic heterocycles. The zero-order valence-corrected chi connectivity index (χ0v) is 19.1. The maximum atomic E-state index is 13.1. The fraction of sp³-hybridized carbons (Fsp3) is 0.500. The van der Waals surface area contributed by atoms with E-state index in [1.165, 1.54) is 39.8 Å². The van der Waals surface area contributed by atoms with Crippen LogP contribution in [0.3, 0.4) is 0 Å². The van der Waals surface area contributed by atoms with Crippen molar-refractivity contribution in [3.8, 4) is 0 Å². The van der Waals surface area contributed by atoms with Crippen molar-refractivity contribution in [1.29, 1.82) is 0 Å². The molecule has 1 aliphatic heterocycles. The molecule has 1 aliphatic rings. The second kappa shape index (κ2) is 11.3. The largest absolute Gasteiger partial charge is 0.463 e. The minimum atomic E-state index is -2.66. The van der Waals surface area contributed by atoms with Gasteiger partial charge in [0.1, 0.15) is 6.17 Å². The highest BCUT2D eigenvalue weighted by molar-refractivity contribution is 6.07. The number of ether oxygens (including phenoxy) is 4. The molecule has 0 aliphatic carbocycles. The molecule has 34 heavy (non-hydrogen) atoms. The first-order valence-electron chi connectivity index (χ1n) is 10.5. The number of benzene rings is 1. The Morgan fingerprint density at radius 2 is 1.35 bits per heavy atom. The number of hydrogen-bond acceptors (Lipinski definition) is 11. The molecule has 1 atom stereocenters. The average Bonchev–Trinajstić information content (AvgIpc) is 3.17. The Bertz CT molecular complexity index is 918. The van der Waals surface area contributed by atoms with Crippen LogP contribution in [0, 0.1) is 10.1 Å². The fourth-order valence-corrected chi connectivity index (χ4v) is 3.23. The number of nitro benzene ring substituents is 1. The Morgan fingerprint density at radius 3 is 1.79 bits per heavy atom. The molecule has 1 heterocycles. The lowest BCUT2D eigenvalue weighted by atomic mass is 10.1. The summed E-state index contributed by atoms with van der Waals surface area (Å²) >= 11 is 0. The van der Waals surface area contributed by atoms with Gasteiger partial charge in [0.25, 0.3) is 5.69 Å². The molecule has 1 saturated heterocycles. The molecule has 1 aromatic carbocycles. The van der Waals surface area contributed by atoms with Gasteiger partial charge in [-0.15, -0.1) is 0 Å². The van der Waals surface area contributed by atoms with E-state index in [1.807, 2.05) is 0 Å². The summed E-state index contributed by atoms with van der Waals surface area (Å²) < 4.78 is 20.2. The number of nitro groups is 1. The molecular weight excluding hydrogens is 456 g/mol. The quantitative estimate of drug-likeness (QED) is 0.189. The van der Waals surface area contributed by atoms with Crippen LogP contribution >= 0.6 is 0 Å². The van der Waals surface area contributed by atoms with Gasteiger partial charge in [0.2, 0.25) is 0 Å². The molecule has 1 fully saturated rings. The van der Waals surface area contributed by atoms with Crippen molar-refractivity contribution in [1.82, 2.24) is 15.3 Å². The molecule has 0 saturated carbocycles. The first kappa shape index (κ1) is 26.3. The van der Waals surface area contributed by atoms with Gasteiger partial charge in [-0.25, -0.2) is 24.5 Å². The normalized spacial score (nSPS) is 16.5. The van der Waals surface area contributed by atoms with Gasteiger partial charge in [-0.1, -0.05) is 0 Å². The van der Waals surface area contributed by atoms with Gasteiger partial charge in [0, 0.05) is 12.1 Å². The molecule has 186 valence electrons. The Morgan fingerprint density at radius 1 is 0.882 bits per heavy atom. The van der Waals surface area contributed by atoms with Crippen molar-refractivity contribution in [3.05, 3.63) is 39.9 Å². The predicted molar refractivity (Wildman–Crippen MR) is 113 cm³/mol. The van der Waals surface area contributed by atoms with Gasteiger partial charge in [-0.2, -0.15) is 10.0 Å². The lowest BCUT2D eigenvalue weighted by molar-refractivity contribution is -0.384. The number of rotatable bonds is 8. The van der Waals surface area contributed by atoms with Crippen molar-refractivity contribution >= 4 is 29.8 Å². The molecule has 14 heteroatoms. The van der Waals surface area contributed by atoms with Crippen LogP contribution in [0.4, 0.5) is 15.3 Å². The average molecular weight is 482 g/mol. The van der Waals surface area contributed by atoms with Crippen molar-refractivity contribution in [2.24, 2.45) is 0 Å². The van der Waals surface area contributed by atoms with Crippen LogP contribution < -0.4 is 5.32 Å². The van der Waals surface area contributed by atoms with E-state index in [0.29, 0.717) is 10.0 Å². The van der Waals surface area contributed by atoms with E-state index in [1.54, 1.807) is 0 Å². The Balaban J connectivity index is 2.77. The van der Waals surface area contributed by atoms with E-state index in [2.05, 4.69) is 5.32 Å². The zero-order valence-electron chi connectivity index (χ0n) is 19.1. The maximum Gasteiger partial charge on any atom is 0.431 e. The maximum absolute atomic E-state index is 13.1. The summed E-state index contributed by atoms with van der Waals surface area (Å²) in [6.45, 7) is 5.37. The Kier molecular flexibility index (Phi) is 8.72. The van der Waals surface area contributed by atoms with Gasteiger partial charge < -0.3 is 18.9 Å². The molecule has 2 rings (SSSR count). The number of carbonyl (C=O) groups excluding carboxylic acids is 4. The summed E-state index contributed by atoms with van der Waals surface area (Å²) in [6, 6.07) is 4.89. The molecule has 1 aromatic rings. The van der Waals surface area contributed by atoms with Gasteiger partial charge in [-0.3, -0.25) is 10.1 Å². The number of esters is 2. The number of nitrogens with zero attached hydrogens (tertiary/aromatic N) is 3. The van der Waals surface area contributed by atoms with Crippen molar-refractivity contribution in [3.63, 3.8) is 0 Å². The number of hydrogen-bond donors (Lipinski definition) is 1. The second-order valence-electron chi connectivity index (χ2n) is 6.60. The van der Waals surface area contributed by atoms with Crippen LogP contribution in [0.5, 0.6) is 0 Å². The lowest BCUT2D eigenvalue weighted by Gasteiger charge is -2.34. The van der Waals surface area contributed by atoms with E-state index < -0.39 is 40.9 Å². The zero-order chi connectivity index (χ0) is 25.5. The minimum Gasteiger partial charge on any atom is -0.463 e. The highest BCUT2D eigenvalue weighted by atomic mass is 16.6. The van der Waals surface area contributed by atoms with Gasteiger partial charge >= 0.3 is 29.8 Å². The van der Waals surface area contributed by atoms with E-state index >= 15 is 0 Å². The summed E-state index contributed by atoms with van der Waals surface area (Å²) in [5.74, 6) is -2.47. The summed E-state index contributed by atoms with van der Waals surface area (Å²) in [5.41, 5.74) is -2.71. The SMILES string of the molecule is CCOC(=O)N1C(c2ccc([N+](=O)[O-])cc2)NC(C(=O)OCC)(C(=O)OCC)N1C(=O)OCC. The third-order valence-electron chi connectivity index (χ3n) is 4.58. The van der Waals surface area contributed by atoms with E-state index in [4.69, 9.17) is 18.9 Å². The second-order valence-corrected chi connectivity index (χ2v) is 6.60. The molecule has 1 unspecified atom stereocenters. The van der Waals surface area contributed by atoms with Crippen molar-refractivity contribution < 1.29 is 43.0 Å². The monoisotopic (exact) mass is 482 g/mol. The van der Waals surface area contributed by atoms with Gasteiger partial charge in [0.05, 0.1) is 31.4 Å². The number of hydrazine groups is 1. The predicted octanol–water partition coefficient (Wildman–Crippen LogP) is 1.85. The summed E-state index contributed by atoms with van der Waals surface area (Å²) in [4.78, 5) is 62.7. The fourth-order valence-electron chi connectivity index (χ4n) is 3.23. The summed E-state index contributed by atoms with van der Waals surface area (Å²) in [6.07, 6.45) is -3.73. The van der Waals surface area contributed by atoms with E-state index in [-0.39, 0.29) is 37.7 Å². The van der Waals surface area contributed by atoms with Crippen LogP contribution in [0.15, 0.2) is 24.3 Å². The van der Waals surface area contributed by atoms with Crippen molar-refractivity contribution in [2.75, 3.05) is 26.4 Å². The van der Waals surface area contributed by atoms with E-state index in [9.17, 15) is 29.3 Å². The molecule has 14 nitrogen and oxygen atoms in total. The number of carbonyl (C=O) groups is 4. The van der Waals surface area contributed by atoms with Crippen LogP contribution in [0.1, 0.15) is 39.4 Å². The molecule has 0 radical (unpaired) electrons. The Labute approximate surface area is 194 Å². The van der Waals surface area contributed by atoms with Gasteiger partial charge in [-0.05, 0) is 45.4 Å². The number of non-ortho nitro benzene ring substituents is 1. The smallest absolute Gasteiger partial charge is 0.431 e. The highest BCUT2D eigenvalue weighted by Gasteiger charge is 2.67. The third kappa shape index (κ3) is 4.85. The van der Waals surface area contributed by atoms with Gasteiger partial charge in [0.15, 0.2) is 0 Å². The molecular formula is C20H26N4O10. The summed E-state index contributed by atoms with van der Waals surface area (Å²) in [7, 11) is 0. The first-order chi connectivity index (χ1) is 16.2. The van der Waals surface area contributed by atoms with Crippen molar-refractivity contribution in [2.45, 2.75) is 39.5 Å². The Hall–Kier alpha value is -3.94. The third-order valence-corrected chi connectivity index (χ3v) is 4.58. The van der Waals surface area contributed by atoms with Crippen LogP contribution in [0.2, 0.25) is 0 Å². The van der Waals surface area contributed by atoms with Crippen LogP contribution in [0.25, 0.3) is 0 Å². The molecule has 0 spiro atoms. The van der Waals surface area contributed by atoms with E-state index in [0.717, 1.165) is 12.1 Å². The minimum absolute atomic E-state index is 0.106. The highest BCUT2D eigenvalue weighted by Crippen LogP contribution is 2.37.